The molecule has 0 aliphatic rings. The summed E-state index contributed by atoms with van der Waals surface area (Å²) < 4.78 is 7.00. The van der Waals surface area contributed by atoms with E-state index in [9.17, 15) is 0 Å². The summed E-state index contributed by atoms with van der Waals surface area (Å²) in [6, 6.07) is 15.5. The van der Waals surface area contributed by atoms with Crippen molar-refractivity contribution >= 4 is 5.82 Å². The van der Waals surface area contributed by atoms with E-state index in [2.05, 4.69) is 20.3 Å². The Morgan fingerprint density at radius 2 is 1.82 bits per heavy atom. The van der Waals surface area contributed by atoms with Gasteiger partial charge in [0, 0.05) is 11.8 Å². The highest BCUT2D eigenvalue weighted by Gasteiger charge is 2.09. The number of hydrogen-bond donors (Lipinski definition) is 1. The molecule has 0 saturated heterocycles. The van der Waals surface area contributed by atoms with Crippen molar-refractivity contribution in [2.24, 2.45) is 0 Å². The van der Waals surface area contributed by atoms with E-state index in [4.69, 9.17) is 10.5 Å². The topological polar surface area (TPSA) is 91.7 Å². The second-order valence-corrected chi connectivity index (χ2v) is 6.53. The molecule has 0 bridgehead atoms. The zero-order valence-electron chi connectivity index (χ0n) is 15.7. The van der Waals surface area contributed by atoms with Gasteiger partial charge in [0.25, 0.3) is 0 Å². The second-order valence-electron chi connectivity index (χ2n) is 6.53. The lowest BCUT2D eigenvalue weighted by atomic mass is 10.1. The van der Waals surface area contributed by atoms with E-state index in [1.54, 1.807) is 18.0 Å². The molecule has 3 aromatic heterocycles. The van der Waals surface area contributed by atoms with Crippen molar-refractivity contribution in [3.8, 4) is 28.4 Å². The van der Waals surface area contributed by atoms with E-state index in [-0.39, 0.29) is 0 Å². The molecule has 2 N–H and O–H groups in total. The van der Waals surface area contributed by atoms with Crippen molar-refractivity contribution in [3.05, 3.63) is 72.1 Å². The van der Waals surface area contributed by atoms with Gasteiger partial charge in [-0.3, -0.25) is 4.98 Å². The molecule has 0 unspecified atom stereocenters. The second kappa shape index (κ2) is 7.48. The van der Waals surface area contributed by atoms with Gasteiger partial charge >= 0.3 is 0 Å². The summed E-state index contributed by atoms with van der Waals surface area (Å²) in [5, 5.41) is 8.54. The molecule has 0 fully saturated rings. The molecule has 0 radical (unpaired) electrons. The SMILES string of the molecule is COc1ccc(Cn2cc(-c3ccnc(-c4cc(C)cc(N)n4)c3)nn2)cc1. The molecule has 0 aliphatic carbocycles. The number of rotatable bonds is 5. The number of hydrogen-bond acceptors (Lipinski definition) is 6. The van der Waals surface area contributed by atoms with Crippen molar-refractivity contribution in [2.45, 2.75) is 13.5 Å². The Kier molecular flexibility index (Phi) is 4.72. The van der Waals surface area contributed by atoms with Crippen LogP contribution in [0.15, 0.2) is 60.9 Å². The number of pyridine rings is 2. The molecule has 0 spiro atoms. The minimum atomic E-state index is 0.479. The van der Waals surface area contributed by atoms with E-state index in [0.717, 1.165) is 39.5 Å². The van der Waals surface area contributed by atoms with E-state index in [1.165, 1.54) is 0 Å². The third kappa shape index (κ3) is 3.83. The minimum absolute atomic E-state index is 0.479. The van der Waals surface area contributed by atoms with Crippen LogP contribution in [0.2, 0.25) is 0 Å². The number of benzene rings is 1. The summed E-state index contributed by atoms with van der Waals surface area (Å²) in [5.74, 6) is 1.31. The lowest BCUT2D eigenvalue weighted by Crippen LogP contribution is -2.00. The van der Waals surface area contributed by atoms with E-state index >= 15 is 0 Å². The van der Waals surface area contributed by atoms with Crippen LogP contribution in [0.4, 0.5) is 5.82 Å². The number of nitrogens with zero attached hydrogens (tertiary/aromatic N) is 5. The number of aryl methyl sites for hydroxylation is 1. The van der Waals surface area contributed by atoms with Crippen LogP contribution in [-0.2, 0) is 6.54 Å². The van der Waals surface area contributed by atoms with Crippen LogP contribution in [-0.4, -0.2) is 32.1 Å². The predicted molar refractivity (Wildman–Crippen MR) is 108 cm³/mol. The van der Waals surface area contributed by atoms with Crippen molar-refractivity contribution in [1.82, 2.24) is 25.0 Å². The molecule has 0 saturated carbocycles. The summed E-state index contributed by atoms with van der Waals surface area (Å²) in [4.78, 5) is 8.80. The summed E-state index contributed by atoms with van der Waals surface area (Å²) in [6.07, 6.45) is 3.66. The normalized spacial score (nSPS) is 10.8. The van der Waals surface area contributed by atoms with Gasteiger partial charge in [-0.2, -0.15) is 0 Å². The monoisotopic (exact) mass is 372 g/mol. The first-order valence-corrected chi connectivity index (χ1v) is 8.85. The number of nitrogen functional groups attached to an aromatic ring is 1. The predicted octanol–water partition coefficient (Wildman–Crippen LogP) is 3.35. The Balaban J connectivity index is 1.58. The van der Waals surface area contributed by atoms with Crippen molar-refractivity contribution in [1.29, 1.82) is 0 Å². The Bertz CT molecular complexity index is 1080. The fourth-order valence-electron chi connectivity index (χ4n) is 2.98. The molecule has 3 heterocycles. The molecule has 0 aliphatic heterocycles. The first-order chi connectivity index (χ1) is 13.6. The first-order valence-electron chi connectivity index (χ1n) is 8.85. The fraction of sp³-hybridized carbons (Fsp3) is 0.143. The third-order valence-electron chi connectivity index (χ3n) is 4.35. The standard InChI is InChI=1S/C21H20N6O/c1-14-9-19(24-21(22)10-14)18-11-16(7-8-23-18)20-13-27(26-25-20)12-15-3-5-17(28-2)6-4-15/h3-11,13H,12H2,1-2H3,(H2,22,24). The fourth-order valence-corrected chi connectivity index (χ4v) is 2.98. The van der Waals surface area contributed by atoms with Crippen LogP contribution in [0.25, 0.3) is 22.6 Å². The maximum absolute atomic E-state index is 5.87. The number of methoxy groups -OCH3 is 1. The Morgan fingerprint density at radius 3 is 2.57 bits per heavy atom. The molecule has 1 aromatic carbocycles. The van der Waals surface area contributed by atoms with Gasteiger partial charge in [-0.05, 0) is 54.4 Å². The van der Waals surface area contributed by atoms with Crippen LogP contribution < -0.4 is 10.5 Å². The molecule has 0 amide bonds. The van der Waals surface area contributed by atoms with E-state index in [0.29, 0.717) is 12.4 Å². The lowest BCUT2D eigenvalue weighted by molar-refractivity contribution is 0.414. The highest BCUT2D eigenvalue weighted by atomic mass is 16.5. The van der Waals surface area contributed by atoms with Gasteiger partial charge in [-0.25, -0.2) is 9.67 Å². The Labute approximate surface area is 162 Å². The summed E-state index contributed by atoms with van der Waals surface area (Å²) >= 11 is 0. The average molecular weight is 372 g/mol. The van der Waals surface area contributed by atoms with Crippen molar-refractivity contribution in [2.75, 3.05) is 12.8 Å². The van der Waals surface area contributed by atoms with Gasteiger partial charge in [0.2, 0.25) is 0 Å². The number of nitrogens with two attached hydrogens (primary N) is 1. The highest BCUT2D eigenvalue weighted by molar-refractivity contribution is 5.66. The Morgan fingerprint density at radius 1 is 1.00 bits per heavy atom. The van der Waals surface area contributed by atoms with Crippen LogP contribution in [0.3, 0.4) is 0 Å². The van der Waals surface area contributed by atoms with Crippen LogP contribution in [0.1, 0.15) is 11.1 Å². The van der Waals surface area contributed by atoms with Gasteiger partial charge in [0.1, 0.15) is 17.3 Å². The zero-order valence-corrected chi connectivity index (χ0v) is 15.7. The molecular formula is C21H20N6O. The van der Waals surface area contributed by atoms with E-state index < -0.39 is 0 Å². The van der Waals surface area contributed by atoms with Crippen molar-refractivity contribution < 1.29 is 4.74 Å². The third-order valence-corrected chi connectivity index (χ3v) is 4.35. The smallest absolute Gasteiger partial charge is 0.124 e. The van der Waals surface area contributed by atoms with Gasteiger partial charge in [-0.1, -0.05) is 17.3 Å². The number of aromatic nitrogens is 5. The zero-order chi connectivity index (χ0) is 19.5. The van der Waals surface area contributed by atoms with E-state index in [1.807, 2.05) is 61.7 Å². The average Bonchev–Trinajstić information content (AvgIpc) is 3.16. The molecule has 4 rings (SSSR count). The molecule has 7 heteroatoms. The van der Waals surface area contributed by atoms with Crippen LogP contribution >= 0.6 is 0 Å². The Hall–Kier alpha value is -3.74. The summed E-state index contributed by atoms with van der Waals surface area (Å²) in [5.41, 5.74) is 11.2. The van der Waals surface area contributed by atoms with Gasteiger partial charge in [0.15, 0.2) is 0 Å². The largest absolute Gasteiger partial charge is 0.497 e. The molecule has 7 nitrogen and oxygen atoms in total. The number of ether oxygens (including phenoxy) is 1. The molecule has 140 valence electrons. The maximum atomic E-state index is 5.87. The lowest BCUT2D eigenvalue weighted by Gasteiger charge is -2.05. The van der Waals surface area contributed by atoms with Gasteiger partial charge in [-0.15, -0.1) is 5.10 Å². The summed E-state index contributed by atoms with van der Waals surface area (Å²) in [6.45, 7) is 2.61. The minimum Gasteiger partial charge on any atom is -0.497 e. The molecule has 4 aromatic rings. The van der Waals surface area contributed by atoms with Gasteiger partial charge in [0.05, 0.1) is 31.2 Å². The highest BCUT2D eigenvalue weighted by Crippen LogP contribution is 2.23. The van der Waals surface area contributed by atoms with Crippen LogP contribution in [0, 0.1) is 6.92 Å². The molecular weight excluding hydrogens is 352 g/mol. The number of anilines is 1. The molecule has 0 atom stereocenters. The summed E-state index contributed by atoms with van der Waals surface area (Å²) in [7, 11) is 1.66. The maximum Gasteiger partial charge on any atom is 0.124 e. The van der Waals surface area contributed by atoms with Gasteiger partial charge < -0.3 is 10.5 Å². The molecule has 28 heavy (non-hydrogen) atoms. The first kappa shape index (κ1) is 17.7. The van der Waals surface area contributed by atoms with Crippen molar-refractivity contribution in [3.63, 3.8) is 0 Å². The quantitative estimate of drug-likeness (QED) is 0.578. The van der Waals surface area contributed by atoms with Crippen LogP contribution in [0.5, 0.6) is 5.75 Å².